The molecule has 7 nitrogen and oxygen atoms in total. The fraction of sp³-hybridized carbons (Fsp3) is 0.900. The van der Waals surface area contributed by atoms with Crippen LogP contribution in [0.2, 0.25) is 0 Å². The first-order valence-corrected chi connectivity index (χ1v) is 9.40. The topological polar surface area (TPSA) is 118 Å². The summed E-state index contributed by atoms with van der Waals surface area (Å²) in [6.07, 6.45) is 1.35. The largest absolute Gasteiger partial charge is 0.480 e. The molecule has 0 aromatic carbocycles. The highest BCUT2D eigenvalue weighted by atomic mass is 32.2. The molecule has 2 N–H and O–H groups in total. The predicted molar refractivity (Wildman–Crippen MR) is 67.9 cm³/mol. The number of rotatable bonds is 5. The van der Waals surface area contributed by atoms with Crippen molar-refractivity contribution in [2.75, 3.05) is 11.5 Å². The van der Waals surface area contributed by atoms with E-state index in [0.717, 1.165) is 0 Å². The van der Waals surface area contributed by atoms with Crippen LogP contribution >= 0.6 is 0 Å². The Balaban J connectivity index is 2.19. The van der Waals surface area contributed by atoms with E-state index in [1.165, 1.54) is 6.92 Å². The second kappa shape index (κ2) is 4.42. The van der Waals surface area contributed by atoms with E-state index in [2.05, 4.69) is 4.72 Å². The summed E-state index contributed by atoms with van der Waals surface area (Å²) in [6, 6.07) is 0. The molecule has 1 heterocycles. The zero-order chi connectivity index (χ0) is 14.5. The Morgan fingerprint density at radius 1 is 1.32 bits per heavy atom. The molecule has 0 spiro atoms. The van der Waals surface area contributed by atoms with E-state index in [9.17, 15) is 26.7 Å². The summed E-state index contributed by atoms with van der Waals surface area (Å²) in [4.78, 5) is 11.3. The van der Waals surface area contributed by atoms with Gasteiger partial charge in [-0.15, -0.1) is 0 Å². The van der Waals surface area contributed by atoms with Crippen molar-refractivity contribution < 1.29 is 26.7 Å². The fourth-order valence-electron chi connectivity index (χ4n) is 2.35. The molecule has 0 amide bonds. The summed E-state index contributed by atoms with van der Waals surface area (Å²) in [6.45, 7) is 1.34. The highest BCUT2D eigenvalue weighted by molar-refractivity contribution is 7.95. The monoisotopic (exact) mass is 311 g/mol. The van der Waals surface area contributed by atoms with Gasteiger partial charge in [-0.05, 0) is 32.1 Å². The van der Waals surface area contributed by atoms with Crippen LogP contribution in [-0.4, -0.2) is 50.2 Å². The first-order valence-electron chi connectivity index (χ1n) is 6.03. The van der Waals surface area contributed by atoms with Gasteiger partial charge in [0.1, 0.15) is 5.54 Å². The van der Waals surface area contributed by atoms with Gasteiger partial charge < -0.3 is 5.11 Å². The van der Waals surface area contributed by atoms with Crippen molar-refractivity contribution in [3.63, 3.8) is 0 Å². The molecular weight excluding hydrogens is 294 g/mol. The lowest BCUT2D eigenvalue weighted by atomic mass is 9.98. The summed E-state index contributed by atoms with van der Waals surface area (Å²) < 4.78 is 49.1. The zero-order valence-electron chi connectivity index (χ0n) is 10.5. The summed E-state index contributed by atoms with van der Waals surface area (Å²) in [5.41, 5.74) is -1.54. The van der Waals surface area contributed by atoms with Crippen molar-refractivity contribution in [1.82, 2.24) is 4.72 Å². The number of carboxylic acid groups (broad SMARTS) is 1. The van der Waals surface area contributed by atoms with E-state index in [-0.39, 0.29) is 18.1 Å². The third kappa shape index (κ3) is 2.92. The quantitative estimate of drug-likeness (QED) is 0.696. The second-order valence-corrected chi connectivity index (χ2v) is 9.64. The minimum Gasteiger partial charge on any atom is -0.480 e. The van der Waals surface area contributed by atoms with Crippen molar-refractivity contribution in [3.05, 3.63) is 0 Å². The lowest BCUT2D eigenvalue weighted by Gasteiger charge is -2.27. The molecule has 1 aliphatic heterocycles. The SMILES string of the molecule is CC(NS(=O)(=O)C1CCS(=O)(=O)C1)(C(=O)O)C1CC1. The summed E-state index contributed by atoms with van der Waals surface area (Å²) in [7, 11) is -7.27. The maximum absolute atomic E-state index is 12.1. The predicted octanol–water partition coefficient (Wildman–Crippen LogP) is -0.654. The Labute approximate surface area is 112 Å². The van der Waals surface area contributed by atoms with Crippen molar-refractivity contribution in [1.29, 1.82) is 0 Å². The number of carbonyl (C=O) groups is 1. The van der Waals surface area contributed by atoms with Crippen LogP contribution in [0.1, 0.15) is 26.2 Å². The Morgan fingerprint density at radius 2 is 1.89 bits per heavy atom. The Hall–Kier alpha value is -0.670. The Morgan fingerprint density at radius 3 is 2.26 bits per heavy atom. The van der Waals surface area contributed by atoms with E-state index in [1.54, 1.807) is 0 Å². The first kappa shape index (κ1) is 14.7. The molecule has 2 aliphatic rings. The summed E-state index contributed by atoms with van der Waals surface area (Å²) in [5, 5.41) is 8.16. The first-order chi connectivity index (χ1) is 8.57. The van der Waals surface area contributed by atoms with Crippen molar-refractivity contribution in [2.24, 2.45) is 5.92 Å². The number of nitrogens with one attached hydrogen (secondary N) is 1. The number of sulfonamides is 1. The van der Waals surface area contributed by atoms with Gasteiger partial charge in [-0.25, -0.2) is 16.8 Å². The maximum Gasteiger partial charge on any atom is 0.324 e. The van der Waals surface area contributed by atoms with Crippen LogP contribution < -0.4 is 4.72 Å². The van der Waals surface area contributed by atoms with Crippen LogP contribution in [0, 0.1) is 5.92 Å². The van der Waals surface area contributed by atoms with E-state index < -0.39 is 42.4 Å². The average molecular weight is 311 g/mol. The van der Waals surface area contributed by atoms with Gasteiger partial charge in [-0.3, -0.25) is 4.79 Å². The van der Waals surface area contributed by atoms with Crippen LogP contribution in [0.15, 0.2) is 0 Å². The molecule has 0 aromatic rings. The molecule has 0 bridgehead atoms. The minimum atomic E-state index is -3.95. The molecule has 1 aliphatic carbocycles. The van der Waals surface area contributed by atoms with Gasteiger partial charge in [0.2, 0.25) is 10.0 Å². The van der Waals surface area contributed by atoms with Gasteiger partial charge in [0.25, 0.3) is 0 Å². The molecule has 1 saturated heterocycles. The van der Waals surface area contributed by atoms with Crippen LogP contribution in [-0.2, 0) is 24.7 Å². The van der Waals surface area contributed by atoms with E-state index in [1.807, 2.05) is 0 Å². The van der Waals surface area contributed by atoms with Crippen LogP contribution in [0.5, 0.6) is 0 Å². The normalized spacial score (nSPS) is 29.8. The Bertz CT molecular complexity index is 592. The van der Waals surface area contributed by atoms with Crippen molar-refractivity contribution >= 4 is 25.8 Å². The fourth-order valence-corrected chi connectivity index (χ4v) is 6.82. The molecule has 2 atom stereocenters. The number of sulfone groups is 1. The third-order valence-corrected chi connectivity index (χ3v) is 7.79. The molecule has 1 saturated carbocycles. The number of hydrogen-bond donors (Lipinski definition) is 2. The standard InChI is InChI=1S/C10H17NO6S2/c1-10(9(12)13,7-2-3-7)11-19(16,17)8-4-5-18(14,15)6-8/h7-8,11H,2-6H2,1H3,(H,12,13). The number of hydrogen-bond acceptors (Lipinski definition) is 5. The molecule has 2 unspecified atom stereocenters. The van der Waals surface area contributed by atoms with Crippen LogP contribution in [0.4, 0.5) is 0 Å². The van der Waals surface area contributed by atoms with Gasteiger partial charge in [0.15, 0.2) is 9.84 Å². The van der Waals surface area contributed by atoms with Gasteiger partial charge >= 0.3 is 5.97 Å². The molecule has 9 heteroatoms. The molecule has 0 aromatic heterocycles. The molecular formula is C10H17NO6S2. The third-order valence-electron chi connectivity index (χ3n) is 3.82. The molecule has 2 fully saturated rings. The highest BCUT2D eigenvalue weighted by Gasteiger charge is 2.51. The Kier molecular flexibility index (Phi) is 3.43. The lowest BCUT2D eigenvalue weighted by molar-refractivity contribution is -0.144. The van der Waals surface area contributed by atoms with Gasteiger partial charge in [-0.2, -0.15) is 4.72 Å². The van der Waals surface area contributed by atoms with Crippen molar-refractivity contribution in [3.8, 4) is 0 Å². The second-order valence-electron chi connectivity index (χ2n) is 5.45. The minimum absolute atomic E-state index is 0.0258. The van der Waals surface area contributed by atoms with Crippen molar-refractivity contribution in [2.45, 2.75) is 37.0 Å². The van der Waals surface area contributed by atoms with E-state index >= 15 is 0 Å². The molecule has 2 rings (SSSR count). The maximum atomic E-state index is 12.1. The summed E-state index contributed by atoms with van der Waals surface area (Å²) in [5.74, 6) is -2.04. The molecule has 0 radical (unpaired) electrons. The van der Waals surface area contributed by atoms with Crippen LogP contribution in [0.3, 0.4) is 0 Å². The zero-order valence-corrected chi connectivity index (χ0v) is 12.1. The number of aliphatic carboxylic acids is 1. The smallest absolute Gasteiger partial charge is 0.324 e. The summed E-state index contributed by atoms with van der Waals surface area (Å²) >= 11 is 0. The van der Waals surface area contributed by atoms with E-state index in [0.29, 0.717) is 12.8 Å². The molecule has 110 valence electrons. The van der Waals surface area contributed by atoms with Crippen LogP contribution in [0.25, 0.3) is 0 Å². The average Bonchev–Trinajstić information content (AvgIpc) is 3.02. The lowest BCUT2D eigenvalue weighted by Crippen LogP contribution is -2.56. The van der Waals surface area contributed by atoms with Gasteiger partial charge in [-0.1, -0.05) is 0 Å². The van der Waals surface area contributed by atoms with Gasteiger partial charge in [0, 0.05) is 0 Å². The van der Waals surface area contributed by atoms with Gasteiger partial charge in [0.05, 0.1) is 16.8 Å². The van der Waals surface area contributed by atoms with E-state index in [4.69, 9.17) is 0 Å². The highest BCUT2D eigenvalue weighted by Crippen LogP contribution is 2.40. The molecule has 19 heavy (non-hydrogen) atoms. The number of carboxylic acids is 1.